The molecule has 1 atom stereocenters. The number of nitrogens with zero attached hydrogens (tertiary/aromatic N) is 2. The zero-order valence-electron chi connectivity index (χ0n) is 12.2. The van der Waals surface area contributed by atoms with Gasteiger partial charge >= 0.3 is 0 Å². The number of benzene rings is 1. The lowest BCUT2D eigenvalue weighted by Crippen LogP contribution is -2.39. The standard InChI is InChI=1S/C17H23N3/c1-2-15-8-12-20(11-4-10-18-15)16-6-7-17-14(13-16)5-3-9-19-17/h3,5-7,9,13,15,18H,2,4,8,10-12H2,1H3. The highest BCUT2D eigenvalue weighted by molar-refractivity contribution is 5.82. The zero-order chi connectivity index (χ0) is 13.8. The molecule has 0 saturated carbocycles. The minimum absolute atomic E-state index is 0.667. The molecule has 2 aromatic rings. The predicted octanol–water partition coefficient (Wildman–Crippen LogP) is 3.20. The maximum Gasteiger partial charge on any atom is 0.0703 e. The van der Waals surface area contributed by atoms with E-state index in [0.717, 1.165) is 25.2 Å². The lowest BCUT2D eigenvalue weighted by molar-refractivity contribution is 0.439. The van der Waals surface area contributed by atoms with E-state index < -0.39 is 0 Å². The summed E-state index contributed by atoms with van der Waals surface area (Å²) in [4.78, 5) is 6.92. The van der Waals surface area contributed by atoms with Crippen molar-refractivity contribution >= 4 is 16.6 Å². The second-order valence-corrected chi connectivity index (χ2v) is 5.57. The highest BCUT2D eigenvalue weighted by Crippen LogP contribution is 2.22. The Morgan fingerprint density at radius 1 is 1.30 bits per heavy atom. The topological polar surface area (TPSA) is 28.2 Å². The minimum atomic E-state index is 0.667. The minimum Gasteiger partial charge on any atom is -0.371 e. The molecule has 3 rings (SSSR count). The second-order valence-electron chi connectivity index (χ2n) is 5.57. The molecule has 3 nitrogen and oxygen atoms in total. The van der Waals surface area contributed by atoms with E-state index >= 15 is 0 Å². The summed E-state index contributed by atoms with van der Waals surface area (Å²) >= 11 is 0. The van der Waals surface area contributed by atoms with Gasteiger partial charge in [-0.05, 0) is 50.1 Å². The van der Waals surface area contributed by atoms with Crippen molar-refractivity contribution in [3.63, 3.8) is 0 Å². The van der Waals surface area contributed by atoms with Crippen molar-refractivity contribution in [3.8, 4) is 0 Å². The molecule has 1 aliphatic rings. The molecule has 0 bridgehead atoms. The fraction of sp³-hybridized carbons (Fsp3) is 0.471. The monoisotopic (exact) mass is 269 g/mol. The SMILES string of the molecule is CCC1CCN(c2ccc3ncccc3c2)CCCN1. The summed E-state index contributed by atoms with van der Waals surface area (Å²) in [5.74, 6) is 0. The molecular formula is C17H23N3. The average molecular weight is 269 g/mol. The van der Waals surface area contributed by atoms with Crippen LogP contribution in [0.2, 0.25) is 0 Å². The van der Waals surface area contributed by atoms with Gasteiger partial charge in [0.05, 0.1) is 5.52 Å². The number of hydrogen-bond acceptors (Lipinski definition) is 3. The molecule has 1 aromatic heterocycles. The van der Waals surface area contributed by atoms with E-state index in [1.807, 2.05) is 12.3 Å². The maximum atomic E-state index is 4.40. The number of hydrogen-bond donors (Lipinski definition) is 1. The van der Waals surface area contributed by atoms with Gasteiger partial charge in [-0.3, -0.25) is 4.98 Å². The first kappa shape index (κ1) is 13.4. The quantitative estimate of drug-likeness (QED) is 0.907. The number of anilines is 1. The number of rotatable bonds is 2. The Morgan fingerprint density at radius 2 is 2.25 bits per heavy atom. The Hall–Kier alpha value is -1.61. The van der Waals surface area contributed by atoms with Crippen LogP contribution >= 0.6 is 0 Å². The molecule has 2 heterocycles. The molecule has 1 N–H and O–H groups in total. The first-order chi connectivity index (χ1) is 9.86. The molecule has 1 unspecified atom stereocenters. The van der Waals surface area contributed by atoms with Crippen LogP contribution in [0.5, 0.6) is 0 Å². The van der Waals surface area contributed by atoms with E-state index in [4.69, 9.17) is 0 Å². The molecule has 106 valence electrons. The first-order valence-corrected chi connectivity index (χ1v) is 7.70. The summed E-state index contributed by atoms with van der Waals surface area (Å²) in [6, 6.07) is 11.4. The normalized spacial score (nSPS) is 20.6. The molecule has 0 spiro atoms. The van der Waals surface area contributed by atoms with Crippen molar-refractivity contribution in [2.75, 3.05) is 24.5 Å². The van der Waals surface area contributed by atoms with Crippen LogP contribution in [0.15, 0.2) is 36.5 Å². The van der Waals surface area contributed by atoms with Crippen molar-refractivity contribution in [1.29, 1.82) is 0 Å². The van der Waals surface area contributed by atoms with Gasteiger partial charge < -0.3 is 10.2 Å². The van der Waals surface area contributed by atoms with E-state index in [0.29, 0.717) is 6.04 Å². The second kappa shape index (κ2) is 6.23. The van der Waals surface area contributed by atoms with E-state index in [1.54, 1.807) is 0 Å². The molecule has 0 amide bonds. The molecule has 1 aliphatic heterocycles. The van der Waals surface area contributed by atoms with Gasteiger partial charge in [-0.25, -0.2) is 0 Å². The van der Waals surface area contributed by atoms with Crippen molar-refractivity contribution in [2.24, 2.45) is 0 Å². The van der Waals surface area contributed by atoms with Gasteiger partial charge in [0.2, 0.25) is 0 Å². The molecule has 1 saturated heterocycles. The third-order valence-corrected chi connectivity index (χ3v) is 4.23. The van der Waals surface area contributed by atoms with Crippen LogP contribution in [-0.4, -0.2) is 30.7 Å². The first-order valence-electron chi connectivity index (χ1n) is 7.70. The third kappa shape index (κ3) is 2.93. The summed E-state index contributed by atoms with van der Waals surface area (Å²) in [6.45, 7) is 5.67. The van der Waals surface area contributed by atoms with E-state index in [1.165, 1.54) is 30.3 Å². The van der Waals surface area contributed by atoms with Gasteiger partial charge in [0.15, 0.2) is 0 Å². The number of pyridine rings is 1. The number of fused-ring (bicyclic) bond motifs is 1. The largest absolute Gasteiger partial charge is 0.371 e. The summed E-state index contributed by atoms with van der Waals surface area (Å²) < 4.78 is 0. The Morgan fingerprint density at radius 3 is 3.15 bits per heavy atom. The van der Waals surface area contributed by atoms with Crippen molar-refractivity contribution in [1.82, 2.24) is 10.3 Å². The Bertz CT molecular complexity index is 567. The van der Waals surface area contributed by atoms with Crippen LogP contribution in [0.1, 0.15) is 26.2 Å². The molecule has 1 aromatic carbocycles. The number of aromatic nitrogens is 1. The summed E-state index contributed by atoms with van der Waals surface area (Å²) in [5.41, 5.74) is 2.42. The molecule has 0 aliphatic carbocycles. The molecule has 20 heavy (non-hydrogen) atoms. The van der Waals surface area contributed by atoms with Crippen molar-refractivity contribution in [2.45, 2.75) is 32.2 Å². The smallest absolute Gasteiger partial charge is 0.0703 e. The molecule has 0 radical (unpaired) electrons. The fourth-order valence-corrected chi connectivity index (χ4v) is 2.97. The van der Waals surface area contributed by atoms with Crippen LogP contribution in [-0.2, 0) is 0 Å². The summed E-state index contributed by atoms with van der Waals surface area (Å²) in [5, 5.41) is 4.87. The number of nitrogens with one attached hydrogen (secondary N) is 1. The Labute approximate surface area is 121 Å². The maximum absolute atomic E-state index is 4.40. The van der Waals surface area contributed by atoms with E-state index in [9.17, 15) is 0 Å². The van der Waals surface area contributed by atoms with Crippen LogP contribution in [0.4, 0.5) is 5.69 Å². The van der Waals surface area contributed by atoms with Crippen LogP contribution in [0, 0.1) is 0 Å². The van der Waals surface area contributed by atoms with Gasteiger partial charge in [0, 0.05) is 36.4 Å². The van der Waals surface area contributed by atoms with Crippen LogP contribution < -0.4 is 10.2 Å². The van der Waals surface area contributed by atoms with Crippen molar-refractivity contribution < 1.29 is 0 Å². The highest BCUT2D eigenvalue weighted by atomic mass is 15.1. The predicted molar refractivity (Wildman–Crippen MR) is 85.3 cm³/mol. The van der Waals surface area contributed by atoms with Gasteiger partial charge in [-0.15, -0.1) is 0 Å². The Kier molecular flexibility index (Phi) is 4.16. The fourth-order valence-electron chi connectivity index (χ4n) is 2.97. The third-order valence-electron chi connectivity index (χ3n) is 4.23. The Balaban J connectivity index is 1.81. The van der Waals surface area contributed by atoms with E-state index in [-0.39, 0.29) is 0 Å². The van der Waals surface area contributed by atoms with Gasteiger partial charge in [0.1, 0.15) is 0 Å². The van der Waals surface area contributed by atoms with Crippen LogP contribution in [0.25, 0.3) is 10.9 Å². The summed E-state index contributed by atoms with van der Waals surface area (Å²) in [6.07, 6.45) is 5.51. The summed E-state index contributed by atoms with van der Waals surface area (Å²) in [7, 11) is 0. The molecular weight excluding hydrogens is 246 g/mol. The average Bonchev–Trinajstić information content (AvgIpc) is 2.47. The van der Waals surface area contributed by atoms with Crippen LogP contribution in [0.3, 0.4) is 0 Å². The molecule has 3 heteroatoms. The zero-order valence-corrected chi connectivity index (χ0v) is 12.2. The lowest BCUT2D eigenvalue weighted by atomic mass is 10.1. The van der Waals surface area contributed by atoms with Gasteiger partial charge in [0.25, 0.3) is 0 Å². The van der Waals surface area contributed by atoms with Gasteiger partial charge in [-0.2, -0.15) is 0 Å². The molecule has 1 fully saturated rings. The van der Waals surface area contributed by atoms with E-state index in [2.05, 4.69) is 46.4 Å². The van der Waals surface area contributed by atoms with Crippen molar-refractivity contribution in [3.05, 3.63) is 36.5 Å². The lowest BCUT2D eigenvalue weighted by Gasteiger charge is -2.30. The van der Waals surface area contributed by atoms with Gasteiger partial charge in [-0.1, -0.05) is 13.0 Å². The highest BCUT2D eigenvalue weighted by Gasteiger charge is 2.14.